The summed E-state index contributed by atoms with van der Waals surface area (Å²) >= 11 is 0. The van der Waals surface area contributed by atoms with Gasteiger partial charge in [-0.1, -0.05) is 16.3 Å². The van der Waals surface area contributed by atoms with E-state index in [1.165, 1.54) is 0 Å². The molecule has 5 heteroatoms. The smallest absolute Gasteiger partial charge is 0.244 e. The van der Waals surface area contributed by atoms with Gasteiger partial charge in [-0.05, 0) is 31.6 Å². The molecule has 1 aliphatic heterocycles. The summed E-state index contributed by atoms with van der Waals surface area (Å²) < 4.78 is 0. The van der Waals surface area contributed by atoms with Crippen LogP contribution in [-0.4, -0.2) is 23.5 Å². The SMILES string of the molecule is C#CCCC(CCCC=C)CN1C(=O)N=NC1=O. The Kier molecular flexibility index (Phi) is 5.78. The molecule has 0 radical (unpaired) electrons. The number of carbonyl (C=O) groups is 2. The van der Waals surface area contributed by atoms with Crippen LogP contribution >= 0.6 is 0 Å². The van der Waals surface area contributed by atoms with E-state index in [0.29, 0.717) is 13.0 Å². The van der Waals surface area contributed by atoms with E-state index in [1.807, 2.05) is 6.08 Å². The Balaban J connectivity index is 2.49. The van der Waals surface area contributed by atoms with E-state index in [0.717, 1.165) is 30.6 Å². The van der Waals surface area contributed by atoms with Crippen molar-refractivity contribution in [3.05, 3.63) is 12.7 Å². The summed E-state index contributed by atoms with van der Waals surface area (Å²) in [5, 5.41) is 6.47. The number of nitrogens with zero attached hydrogens (tertiary/aromatic N) is 3. The number of imide groups is 1. The molecule has 0 aromatic rings. The Morgan fingerprint density at radius 1 is 1.33 bits per heavy atom. The second kappa shape index (κ2) is 7.38. The highest BCUT2D eigenvalue weighted by molar-refractivity contribution is 5.98. The highest BCUT2D eigenvalue weighted by atomic mass is 16.2. The van der Waals surface area contributed by atoms with Crippen molar-refractivity contribution in [1.29, 1.82) is 0 Å². The number of terminal acetylenes is 1. The van der Waals surface area contributed by atoms with E-state index in [9.17, 15) is 9.59 Å². The second-order valence-electron chi connectivity index (χ2n) is 4.20. The molecule has 0 bridgehead atoms. The Morgan fingerprint density at radius 3 is 2.56 bits per heavy atom. The number of allylic oxidation sites excluding steroid dienone is 1. The monoisotopic (exact) mass is 247 g/mol. The molecule has 18 heavy (non-hydrogen) atoms. The molecular weight excluding hydrogens is 230 g/mol. The van der Waals surface area contributed by atoms with Gasteiger partial charge in [0.1, 0.15) is 0 Å². The fourth-order valence-electron chi connectivity index (χ4n) is 1.85. The van der Waals surface area contributed by atoms with E-state index in [2.05, 4.69) is 22.7 Å². The third-order valence-electron chi connectivity index (χ3n) is 2.84. The largest absolute Gasteiger partial charge is 0.370 e. The maximum absolute atomic E-state index is 11.3. The molecule has 5 nitrogen and oxygen atoms in total. The lowest BCUT2D eigenvalue weighted by Gasteiger charge is -2.19. The number of rotatable bonds is 8. The van der Waals surface area contributed by atoms with Gasteiger partial charge in [0.25, 0.3) is 0 Å². The molecule has 0 N–H and O–H groups in total. The van der Waals surface area contributed by atoms with Gasteiger partial charge in [-0.25, -0.2) is 14.5 Å². The molecule has 1 heterocycles. The predicted molar refractivity (Wildman–Crippen MR) is 68.0 cm³/mol. The van der Waals surface area contributed by atoms with Crippen molar-refractivity contribution < 1.29 is 9.59 Å². The van der Waals surface area contributed by atoms with Crippen molar-refractivity contribution in [2.45, 2.75) is 32.1 Å². The Bertz CT molecular complexity index is 378. The topological polar surface area (TPSA) is 62.1 Å². The van der Waals surface area contributed by atoms with Crippen LogP contribution in [0.15, 0.2) is 22.9 Å². The maximum atomic E-state index is 11.3. The molecule has 0 aliphatic carbocycles. The van der Waals surface area contributed by atoms with Crippen LogP contribution in [0.2, 0.25) is 0 Å². The van der Waals surface area contributed by atoms with Gasteiger partial charge in [0.15, 0.2) is 0 Å². The summed E-state index contributed by atoms with van der Waals surface area (Å²) in [7, 11) is 0. The van der Waals surface area contributed by atoms with E-state index in [-0.39, 0.29) is 5.92 Å². The zero-order chi connectivity index (χ0) is 13.4. The minimum Gasteiger partial charge on any atom is -0.244 e. The fourth-order valence-corrected chi connectivity index (χ4v) is 1.85. The first-order valence-corrected chi connectivity index (χ1v) is 6.00. The van der Waals surface area contributed by atoms with Crippen LogP contribution in [0.1, 0.15) is 32.1 Å². The molecule has 0 saturated heterocycles. The summed E-state index contributed by atoms with van der Waals surface area (Å²) in [5.74, 6) is 2.79. The highest BCUT2D eigenvalue weighted by Crippen LogP contribution is 2.19. The van der Waals surface area contributed by atoms with Crippen LogP contribution in [0.25, 0.3) is 0 Å². The molecule has 0 aromatic carbocycles. The number of urea groups is 2. The fraction of sp³-hybridized carbons (Fsp3) is 0.538. The molecule has 1 rings (SSSR count). The van der Waals surface area contributed by atoms with Gasteiger partial charge >= 0.3 is 12.1 Å². The lowest BCUT2D eigenvalue weighted by Crippen LogP contribution is -2.33. The quantitative estimate of drug-likeness (QED) is 0.375. The van der Waals surface area contributed by atoms with Crippen LogP contribution < -0.4 is 0 Å². The molecule has 1 unspecified atom stereocenters. The molecule has 0 spiro atoms. The van der Waals surface area contributed by atoms with E-state index >= 15 is 0 Å². The van der Waals surface area contributed by atoms with Crippen LogP contribution in [0, 0.1) is 18.3 Å². The summed E-state index contributed by atoms with van der Waals surface area (Å²) in [6.07, 6.45) is 11.3. The van der Waals surface area contributed by atoms with Crippen molar-refractivity contribution in [1.82, 2.24) is 4.90 Å². The molecule has 0 fully saturated rings. The van der Waals surface area contributed by atoms with Crippen molar-refractivity contribution in [3.8, 4) is 12.3 Å². The van der Waals surface area contributed by atoms with Gasteiger partial charge < -0.3 is 0 Å². The lowest BCUT2D eigenvalue weighted by molar-refractivity contribution is 0.195. The molecule has 0 saturated carbocycles. The molecule has 4 amide bonds. The highest BCUT2D eigenvalue weighted by Gasteiger charge is 2.29. The minimum absolute atomic E-state index is 0.206. The van der Waals surface area contributed by atoms with Crippen molar-refractivity contribution in [3.63, 3.8) is 0 Å². The molecule has 0 aromatic heterocycles. The summed E-state index contributed by atoms with van der Waals surface area (Å²) in [4.78, 5) is 23.7. The number of hydrogen-bond donors (Lipinski definition) is 0. The average molecular weight is 247 g/mol. The standard InChI is InChI=1S/C13H17N3O2/c1-3-5-7-9-11(8-6-4-2)10-16-12(17)14-15-13(16)18/h2-3,11H,1,5-10H2. The Labute approximate surface area is 107 Å². The van der Waals surface area contributed by atoms with Gasteiger partial charge in [0.2, 0.25) is 0 Å². The average Bonchev–Trinajstić information content (AvgIpc) is 2.67. The zero-order valence-electron chi connectivity index (χ0n) is 10.3. The first-order valence-electron chi connectivity index (χ1n) is 6.00. The number of amides is 4. The van der Waals surface area contributed by atoms with Gasteiger partial charge in [-0.2, -0.15) is 0 Å². The molecular formula is C13H17N3O2. The third-order valence-corrected chi connectivity index (χ3v) is 2.84. The van der Waals surface area contributed by atoms with Gasteiger partial charge in [0, 0.05) is 13.0 Å². The molecule has 1 atom stereocenters. The first-order chi connectivity index (χ1) is 8.69. The summed E-state index contributed by atoms with van der Waals surface area (Å²) in [5.41, 5.74) is 0. The van der Waals surface area contributed by atoms with Crippen molar-refractivity contribution >= 4 is 12.1 Å². The van der Waals surface area contributed by atoms with Crippen molar-refractivity contribution in [2.24, 2.45) is 16.1 Å². The number of unbranched alkanes of at least 4 members (excludes halogenated alkanes) is 1. The minimum atomic E-state index is -0.575. The van der Waals surface area contributed by atoms with Gasteiger partial charge in [0.05, 0.1) is 0 Å². The van der Waals surface area contributed by atoms with Gasteiger partial charge in [-0.15, -0.1) is 18.9 Å². The Hall–Kier alpha value is -1.96. The molecule has 96 valence electrons. The van der Waals surface area contributed by atoms with E-state index in [4.69, 9.17) is 6.42 Å². The maximum Gasteiger partial charge on any atom is 0.370 e. The first kappa shape index (κ1) is 14.1. The van der Waals surface area contributed by atoms with Crippen LogP contribution in [0.4, 0.5) is 9.59 Å². The lowest BCUT2D eigenvalue weighted by atomic mass is 9.96. The number of hydrogen-bond acceptors (Lipinski definition) is 2. The van der Waals surface area contributed by atoms with Crippen LogP contribution in [0.3, 0.4) is 0 Å². The number of carbonyl (C=O) groups excluding carboxylic acids is 2. The predicted octanol–water partition coefficient (Wildman–Crippen LogP) is 3.38. The second-order valence-corrected chi connectivity index (χ2v) is 4.20. The van der Waals surface area contributed by atoms with Crippen molar-refractivity contribution in [2.75, 3.05) is 6.54 Å². The third kappa shape index (κ3) is 4.13. The molecule has 1 aliphatic rings. The zero-order valence-corrected chi connectivity index (χ0v) is 10.3. The van der Waals surface area contributed by atoms with Crippen LogP contribution in [-0.2, 0) is 0 Å². The van der Waals surface area contributed by atoms with E-state index in [1.54, 1.807) is 0 Å². The van der Waals surface area contributed by atoms with E-state index < -0.39 is 12.1 Å². The van der Waals surface area contributed by atoms with Gasteiger partial charge in [-0.3, -0.25) is 0 Å². The summed E-state index contributed by atoms with van der Waals surface area (Å²) in [6, 6.07) is -1.15. The summed E-state index contributed by atoms with van der Waals surface area (Å²) in [6.45, 7) is 4.02. The number of azo groups is 1. The van der Waals surface area contributed by atoms with Crippen LogP contribution in [0.5, 0.6) is 0 Å². The normalized spacial score (nSPS) is 15.8. The Morgan fingerprint density at radius 2 is 2.00 bits per heavy atom.